The SMILES string of the molecule is c1csc(CNc2nnc(-c3ccncc3)o2)c1. The third-order valence-corrected chi connectivity index (χ3v) is 3.22. The van der Waals surface area contributed by atoms with Gasteiger partial charge in [0.05, 0.1) is 6.54 Å². The minimum atomic E-state index is 0.426. The van der Waals surface area contributed by atoms with Crippen LogP contribution in [0.2, 0.25) is 0 Å². The summed E-state index contributed by atoms with van der Waals surface area (Å²) in [6, 6.07) is 8.15. The van der Waals surface area contributed by atoms with E-state index in [2.05, 4.69) is 26.6 Å². The molecule has 3 aromatic rings. The van der Waals surface area contributed by atoms with E-state index in [0.717, 1.165) is 5.56 Å². The van der Waals surface area contributed by atoms with Gasteiger partial charge in [-0.1, -0.05) is 11.2 Å². The van der Waals surface area contributed by atoms with Crippen molar-refractivity contribution >= 4 is 17.4 Å². The highest BCUT2D eigenvalue weighted by Crippen LogP contribution is 2.19. The van der Waals surface area contributed by atoms with E-state index in [0.29, 0.717) is 18.5 Å². The van der Waals surface area contributed by atoms with Gasteiger partial charge in [-0.15, -0.1) is 16.4 Å². The zero-order valence-electron chi connectivity index (χ0n) is 9.41. The predicted molar refractivity (Wildman–Crippen MR) is 69.2 cm³/mol. The lowest BCUT2D eigenvalue weighted by atomic mass is 10.3. The van der Waals surface area contributed by atoms with Gasteiger partial charge in [0, 0.05) is 22.8 Å². The summed E-state index contributed by atoms with van der Waals surface area (Å²) in [7, 11) is 0. The molecule has 0 unspecified atom stereocenters. The second-order valence-corrected chi connectivity index (χ2v) is 4.61. The van der Waals surface area contributed by atoms with E-state index in [1.807, 2.05) is 23.6 Å². The standard InChI is InChI=1S/C12H10N4OS/c1-2-10(18-7-1)8-14-12-16-15-11(17-12)9-3-5-13-6-4-9/h1-7H,8H2,(H,14,16). The number of pyridine rings is 1. The Kier molecular flexibility index (Phi) is 3.01. The summed E-state index contributed by atoms with van der Waals surface area (Å²) in [5.41, 5.74) is 0.863. The van der Waals surface area contributed by atoms with Crippen molar-refractivity contribution in [2.75, 3.05) is 5.32 Å². The van der Waals surface area contributed by atoms with Gasteiger partial charge in [0.25, 0.3) is 0 Å². The molecular formula is C12H10N4OS. The van der Waals surface area contributed by atoms with Gasteiger partial charge >= 0.3 is 6.01 Å². The molecule has 0 saturated carbocycles. The molecule has 0 aliphatic heterocycles. The van der Waals surface area contributed by atoms with Crippen molar-refractivity contribution in [3.63, 3.8) is 0 Å². The van der Waals surface area contributed by atoms with Crippen molar-refractivity contribution in [1.82, 2.24) is 15.2 Å². The monoisotopic (exact) mass is 258 g/mol. The summed E-state index contributed by atoms with van der Waals surface area (Å²) >= 11 is 1.68. The van der Waals surface area contributed by atoms with Crippen molar-refractivity contribution in [3.05, 3.63) is 46.9 Å². The van der Waals surface area contributed by atoms with Crippen LogP contribution >= 0.6 is 11.3 Å². The van der Waals surface area contributed by atoms with E-state index in [1.165, 1.54) is 4.88 Å². The molecule has 0 spiro atoms. The Morgan fingerprint density at radius 3 is 2.83 bits per heavy atom. The number of rotatable bonds is 4. The summed E-state index contributed by atoms with van der Waals surface area (Å²) in [4.78, 5) is 5.16. The topological polar surface area (TPSA) is 63.8 Å². The van der Waals surface area contributed by atoms with Gasteiger partial charge in [0.15, 0.2) is 0 Å². The Balaban J connectivity index is 1.70. The average molecular weight is 258 g/mol. The van der Waals surface area contributed by atoms with Gasteiger partial charge in [-0.05, 0) is 23.6 Å². The quantitative estimate of drug-likeness (QED) is 0.779. The van der Waals surface area contributed by atoms with Crippen molar-refractivity contribution in [2.24, 2.45) is 0 Å². The highest BCUT2D eigenvalue weighted by Gasteiger charge is 2.07. The minimum absolute atomic E-state index is 0.426. The van der Waals surface area contributed by atoms with Gasteiger partial charge < -0.3 is 9.73 Å². The lowest BCUT2D eigenvalue weighted by molar-refractivity contribution is 0.581. The fourth-order valence-electron chi connectivity index (χ4n) is 1.48. The van der Waals surface area contributed by atoms with Crippen LogP contribution in [-0.4, -0.2) is 15.2 Å². The maximum absolute atomic E-state index is 5.51. The number of nitrogens with zero attached hydrogens (tertiary/aromatic N) is 3. The second kappa shape index (κ2) is 4.97. The van der Waals surface area contributed by atoms with E-state index in [-0.39, 0.29) is 0 Å². The van der Waals surface area contributed by atoms with Gasteiger partial charge in [-0.2, -0.15) is 0 Å². The smallest absolute Gasteiger partial charge is 0.316 e. The molecule has 3 rings (SSSR count). The van der Waals surface area contributed by atoms with Crippen LogP contribution in [0.15, 0.2) is 46.5 Å². The maximum Gasteiger partial charge on any atom is 0.316 e. The number of thiophene rings is 1. The Bertz CT molecular complexity index is 606. The van der Waals surface area contributed by atoms with E-state index in [9.17, 15) is 0 Å². The Labute approximate surface area is 108 Å². The third kappa shape index (κ3) is 2.38. The fourth-order valence-corrected chi connectivity index (χ4v) is 2.13. The highest BCUT2D eigenvalue weighted by atomic mass is 32.1. The van der Waals surface area contributed by atoms with Crippen LogP contribution in [0.1, 0.15) is 4.88 Å². The molecule has 5 nitrogen and oxygen atoms in total. The van der Waals surface area contributed by atoms with Gasteiger partial charge in [-0.25, -0.2) is 0 Å². The third-order valence-electron chi connectivity index (χ3n) is 2.35. The van der Waals surface area contributed by atoms with Crippen LogP contribution in [-0.2, 0) is 6.54 Å². The van der Waals surface area contributed by atoms with E-state index < -0.39 is 0 Å². The molecule has 90 valence electrons. The number of aromatic nitrogens is 3. The van der Waals surface area contributed by atoms with Gasteiger partial charge in [-0.3, -0.25) is 4.98 Å². The first kappa shape index (κ1) is 10.9. The van der Waals surface area contributed by atoms with Crippen LogP contribution in [0.25, 0.3) is 11.5 Å². The first-order valence-corrected chi connectivity index (χ1v) is 6.30. The largest absolute Gasteiger partial charge is 0.403 e. The number of nitrogens with one attached hydrogen (secondary N) is 1. The molecule has 0 atom stereocenters. The Morgan fingerprint density at radius 2 is 2.06 bits per heavy atom. The zero-order chi connectivity index (χ0) is 12.2. The van der Waals surface area contributed by atoms with Gasteiger partial charge in [0.2, 0.25) is 5.89 Å². The van der Waals surface area contributed by atoms with Crippen LogP contribution < -0.4 is 5.32 Å². The Hall–Kier alpha value is -2.21. The number of hydrogen-bond donors (Lipinski definition) is 1. The fraction of sp³-hybridized carbons (Fsp3) is 0.0833. The molecule has 6 heteroatoms. The lowest BCUT2D eigenvalue weighted by Crippen LogP contribution is -1.97. The summed E-state index contributed by atoms with van der Waals surface area (Å²) in [6.45, 7) is 0.690. The van der Waals surface area contributed by atoms with E-state index in [4.69, 9.17) is 4.42 Å². The molecule has 1 N–H and O–H groups in total. The maximum atomic E-state index is 5.51. The Morgan fingerprint density at radius 1 is 1.17 bits per heavy atom. The van der Waals surface area contributed by atoms with Crippen molar-refractivity contribution in [2.45, 2.75) is 6.54 Å². The molecule has 0 saturated heterocycles. The van der Waals surface area contributed by atoms with Crippen molar-refractivity contribution in [3.8, 4) is 11.5 Å². The predicted octanol–water partition coefficient (Wildman–Crippen LogP) is 2.81. The van der Waals surface area contributed by atoms with Crippen molar-refractivity contribution < 1.29 is 4.42 Å². The molecule has 3 aromatic heterocycles. The van der Waals surface area contributed by atoms with Gasteiger partial charge in [0.1, 0.15) is 0 Å². The molecule has 3 heterocycles. The average Bonchev–Trinajstić information content (AvgIpc) is 3.09. The molecule has 0 aliphatic carbocycles. The molecule has 18 heavy (non-hydrogen) atoms. The lowest BCUT2D eigenvalue weighted by Gasteiger charge is -1.97. The summed E-state index contributed by atoms with van der Waals surface area (Å²) in [6.07, 6.45) is 3.39. The molecule has 0 amide bonds. The number of anilines is 1. The normalized spacial score (nSPS) is 10.4. The molecule has 0 bridgehead atoms. The first-order chi connectivity index (χ1) is 8.92. The minimum Gasteiger partial charge on any atom is -0.403 e. The molecule has 0 aromatic carbocycles. The molecule has 0 radical (unpaired) electrons. The highest BCUT2D eigenvalue weighted by molar-refractivity contribution is 7.09. The number of hydrogen-bond acceptors (Lipinski definition) is 6. The molecule has 0 aliphatic rings. The van der Waals surface area contributed by atoms with Crippen LogP contribution in [0.5, 0.6) is 0 Å². The van der Waals surface area contributed by atoms with Crippen LogP contribution in [0, 0.1) is 0 Å². The molecule has 0 fully saturated rings. The van der Waals surface area contributed by atoms with Crippen LogP contribution in [0.4, 0.5) is 6.01 Å². The summed E-state index contributed by atoms with van der Waals surface area (Å²) in [5, 5.41) is 13.1. The first-order valence-electron chi connectivity index (χ1n) is 5.42. The summed E-state index contributed by atoms with van der Waals surface area (Å²) in [5.74, 6) is 0.492. The van der Waals surface area contributed by atoms with E-state index >= 15 is 0 Å². The van der Waals surface area contributed by atoms with Crippen LogP contribution in [0.3, 0.4) is 0 Å². The summed E-state index contributed by atoms with van der Waals surface area (Å²) < 4.78 is 5.51. The van der Waals surface area contributed by atoms with Crippen molar-refractivity contribution in [1.29, 1.82) is 0 Å². The zero-order valence-corrected chi connectivity index (χ0v) is 10.2. The molecular weight excluding hydrogens is 248 g/mol. The van der Waals surface area contributed by atoms with E-state index in [1.54, 1.807) is 23.7 Å². The second-order valence-electron chi connectivity index (χ2n) is 3.58.